The molecule has 1 atom stereocenters. The van der Waals surface area contributed by atoms with Crippen LogP contribution in [0.3, 0.4) is 0 Å². The Balaban J connectivity index is 3.52. The maximum absolute atomic E-state index is 11.7. The van der Waals surface area contributed by atoms with Gasteiger partial charge in [0.05, 0.1) is 46.2 Å². The first-order valence-corrected chi connectivity index (χ1v) is 8.64. The minimum absolute atomic E-state index is 0.0965. The number of nitrogens with one attached hydrogen (secondary N) is 1. The van der Waals surface area contributed by atoms with Crippen LogP contribution in [0.5, 0.6) is 0 Å². The van der Waals surface area contributed by atoms with Crippen molar-refractivity contribution in [2.75, 3.05) is 60.0 Å². The SMILES string of the molecule is COCCOCCOCCOCCOC(=O)[C@H](C)NC(=O)OC(C)(C)C. The normalized spacial score (nSPS) is 12.5. The fourth-order valence-corrected chi connectivity index (χ4v) is 1.55. The molecule has 0 saturated heterocycles. The van der Waals surface area contributed by atoms with Crippen LogP contribution >= 0.6 is 0 Å². The van der Waals surface area contributed by atoms with Crippen molar-refractivity contribution in [3.05, 3.63) is 0 Å². The van der Waals surface area contributed by atoms with E-state index in [0.29, 0.717) is 39.6 Å². The first kappa shape index (κ1) is 24.6. The summed E-state index contributed by atoms with van der Waals surface area (Å²) < 4.78 is 30.7. The molecule has 0 aromatic rings. The van der Waals surface area contributed by atoms with Gasteiger partial charge >= 0.3 is 12.1 Å². The molecule has 0 aromatic heterocycles. The zero-order valence-electron chi connectivity index (χ0n) is 16.5. The van der Waals surface area contributed by atoms with E-state index in [2.05, 4.69) is 5.32 Å². The Labute approximate surface area is 155 Å². The lowest BCUT2D eigenvalue weighted by Crippen LogP contribution is -2.42. The second-order valence-corrected chi connectivity index (χ2v) is 6.37. The highest BCUT2D eigenvalue weighted by molar-refractivity contribution is 5.80. The van der Waals surface area contributed by atoms with Crippen LogP contribution in [-0.4, -0.2) is 83.7 Å². The third kappa shape index (κ3) is 16.1. The third-order valence-electron chi connectivity index (χ3n) is 2.73. The number of methoxy groups -OCH3 is 1. The van der Waals surface area contributed by atoms with E-state index < -0.39 is 23.7 Å². The summed E-state index contributed by atoms with van der Waals surface area (Å²) in [6, 6.07) is -0.800. The van der Waals surface area contributed by atoms with E-state index in [1.807, 2.05) is 0 Å². The van der Waals surface area contributed by atoms with E-state index in [-0.39, 0.29) is 13.2 Å². The molecule has 0 spiro atoms. The van der Waals surface area contributed by atoms with Crippen LogP contribution in [-0.2, 0) is 33.2 Å². The fraction of sp³-hybridized carbons (Fsp3) is 0.882. The van der Waals surface area contributed by atoms with Crippen LogP contribution in [0.1, 0.15) is 27.7 Å². The Hall–Kier alpha value is -1.42. The molecule has 1 N–H and O–H groups in total. The van der Waals surface area contributed by atoms with Gasteiger partial charge in [-0.05, 0) is 27.7 Å². The number of hydrogen-bond acceptors (Lipinski definition) is 8. The zero-order chi connectivity index (χ0) is 19.8. The number of hydrogen-bond donors (Lipinski definition) is 1. The summed E-state index contributed by atoms with van der Waals surface area (Å²) in [6.07, 6.45) is -0.665. The van der Waals surface area contributed by atoms with Crippen molar-refractivity contribution in [2.45, 2.75) is 39.3 Å². The quantitative estimate of drug-likeness (QED) is 0.354. The molecule has 9 nitrogen and oxygen atoms in total. The van der Waals surface area contributed by atoms with E-state index >= 15 is 0 Å². The summed E-state index contributed by atoms with van der Waals surface area (Å²) in [5.41, 5.74) is -0.625. The van der Waals surface area contributed by atoms with E-state index in [9.17, 15) is 9.59 Å². The Morgan fingerprint density at radius 2 is 1.31 bits per heavy atom. The summed E-state index contributed by atoms with van der Waals surface area (Å²) in [5.74, 6) is -0.552. The molecule has 0 bridgehead atoms. The van der Waals surface area contributed by atoms with E-state index in [1.165, 1.54) is 6.92 Å². The van der Waals surface area contributed by atoms with Crippen LogP contribution in [0.2, 0.25) is 0 Å². The highest BCUT2D eigenvalue weighted by Crippen LogP contribution is 2.06. The Bertz CT molecular complexity index is 383. The molecule has 0 saturated carbocycles. The van der Waals surface area contributed by atoms with Gasteiger partial charge in [0.25, 0.3) is 0 Å². The number of amides is 1. The van der Waals surface area contributed by atoms with Crippen LogP contribution in [0.25, 0.3) is 0 Å². The van der Waals surface area contributed by atoms with Gasteiger partial charge in [0.1, 0.15) is 18.2 Å². The zero-order valence-corrected chi connectivity index (χ0v) is 16.5. The Morgan fingerprint density at radius 1 is 0.846 bits per heavy atom. The second kappa shape index (κ2) is 14.7. The molecule has 9 heteroatoms. The highest BCUT2D eigenvalue weighted by Gasteiger charge is 2.21. The first-order valence-electron chi connectivity index (χ1n) is 8.64. The van der Waals surface area contributed by atoms with Crippen LogP contribution in [0, 0.1) is 0 Å². The minimum atomic E-state index is -0.800. The average Bonchev–Trinajstić information content (AvgIpc) is 2.53. The van der Waals surface area contributed by atoms with Crippen LogP contribution in [0.4, 0.5) is 4.79 Å². The fourth-order valence-electron chi connectivity index (χ4n) is 1.55. The molecule has 26 heavy (non-hydrogen) atoms. The maximum atomic E-state index is 11.7. The van der Waals surface area contributed by atoms with Crippen molar-refractivity contribution in [2.24, 2.45) is 0 Å². The highest BCUT2D eigenvalue weighted by atomic mass is 16.6. The molecule has 0 heterocycles. The molecule has 1 amide bonds. The largest absolute Gasteiger partial charge is 0.462 e. The summed E-state index contributed by atoms with van der Waals surface area (Å²) in [5, 5.41) is 2.41. The molecule has 0 unspecified atom stereocenters. The van der Waals surface area contributed by atoms with Gasteiger partial charge in [0, 0.05) is 7.11 Å². The standard InChI is InChI=1S/C17H33NO8/c1-14(18-16(20)26-17(2,3)4)15(19)25-13-12-24-11-10-23-9-8-22-7-6-21-5/h14H,6-13H2,1-5H3,(H,18,20)/t14-/m0/s1. The molecule has 154 valence electrons. The summed E-state index contributed by atoms with van der Waals surface area (Å²) in [6.45, 7) is 10.0. The second-order valence-electron chi connectivity index (χ2n) is 6.37. The molecule has 0 aromatic carbocycles. The number of carbonyl (C=O) groups is 2. The number of esters is 1. The Kier molecular flexibility index (Phi) is 13.9. The molecule has 0 radical (unpaired) electrons. The number of rotatable bonds is 14. The molecule has 0 aliphatic rings. The molecule has 0 aliphatic carbocycles. The predicted octanol–water partition coefficient (Wildman–Crippen LogP) is 1.14. The lowest BCUT2D eigenvalue weighted by atomic mass is 10.2. The van der Waals surface area contributed by atoms with Crippen molar-refractivity contribution < 1.29 is 38.0 Å². The van der Waals surface area contributed by atoms with Crippen LogP contribution < -0.4 is 5.32 Å². The summed E-state index contributed by atoms with van der Waals surface area (Å²) in [7, 11) is 1.62. The van der Waals surface area contributed by atoms with Gasteiger partial charge in [-0.2, -0.15) is 0 Å². The first-order chi connectivity index (χ1) is 12.3. The van der Waals surface area contributed by atoms with E-state index in [0.717, 1.165) is 0 Å². The smallest absolute Gasteiger partial charge is 0.408 e. The number of carbonyl (C=O) groups excluding carboxylic acids is 2. The molecule has 0 fully saturated rings. The van der Waals surface area contributed by atoms with Gasteiger partial charge in [-0.1, -0.05) is 0 Å². The molecular formula is C17H33NO8. The van der Waals surface area contributed by atoms with Gasteiger partial charge in [-0.15, -0.1) is 0 Å². The van der Waals surface area contributed by atoms with Gasteiger partial charge in [-0.25, -0.2) is 9.59 Å². The van der Waals surface area contributed by atoms with Crippen LogP contribution in [0.15, 0.2) is 0 Å². The third-order valence-corrected chi connectivity index (χ3v) is 2.73. The minimum Gasteiger partial charge on any atom is -0.462 e. The van der Waals surface area contributed by atoms with Crippen molar-refractivity contribution >= 4 is 12.1 Å². The van der Waals surface area contributed by atoms with Crippen molar-refractivity contribution in [1.82, 2.24) is 5.32 Å². The predicted molar refractivity (Wildman–Crippen MR) is 94.1 cm³/mol. The van der Waals surface area contributed by atoms with Crippen molar-refractivity contribution in [3.8, 4) is 0 Å². The van der Waals surface area contributed by atoms with E-state index in [4.69, 9.17) is 28.4 Å². The van der Waals surface area contributed by atoms with Gasteiger partial charge in [0.2, 0.25) is 0 Å². The van der Waals surface area contributed by atoms with Gasteiger partial charge in [-0.3, -0.25) is 0 Å². The lowest BCUT2D eigenvalue weighted by molar-refractivity contribution is -0.147. The van der Waals surface area contributed by atoms with Crippen molar-refractivity contribution in [3.63, 3.8) is 0 Å². The molecule has 0 rings (SSSR count). The molecule has 0 aliphatic heterocycles. The summed E-state index contributed by atoms with van der Waals surface area (Å²) >= 11 is 0. The lowest BCUT2D eigenvalue weighted by Gasteiger charge is -2.21. The topological polar surface area (TPSA) is 102 Å². The average molecular weight is 379 g/mol. The maximum Gasteiger partial charge on any atom is 0.408 e. The summed E-state index contributed by atoms with van der Waals surface area (Å²) in [4.78, 5) is 23.3. The van der Waals surface area contributed by atoms with Crippen molar-refractivity contribution in [1.29, 1.82) is 0 Å². The number of alkyl carbamates (subject to hydrolysis) is 1. The van der Waals surface area contributed by atoms with E-state index in [1.54, 1.807) is 27.9 Å². The van der Waals surface area contributed by atoms with Gasteiger partial charge < -0.3 is 33.7 Å². The number of ether oxygens (including phenoxy) is 6. The van der Waals surface area contributed by atoms with Gasteiger partial charge in [0.15, 0.2) is 0 Å². The molecular weight excluding hydrogens is 346 g/mol. The monoisotopic (exact) mass is 379 g/mol. The Morgan fingerprint density at radius 3 is 1.77 bits per heavy atom.